The third kappa shape index (κ3) is 2.99. The Balaban J connectivity index is 2.15. The molecule has 1 atom stereocenters. The van der Waals surface area contributed by atoms with Gasteiger partial charge < -0.3 is 9.84 Å². The normalized spacial score (nSPS) is 18.9. The van der Waals surface area contributed by atoms with E-state index in [0.29, 0.717) is 0 Å². The number of methoxy groups -OCH3 is 1. The van der Waals surface area contributed by atoms with E-state index < -0.39 is 0 Å². The van der Waals surface area contributed by atoms with Crippen molar-refractivity contribution < 1.29 is 9.84 Å². The molecule has 0 saturated carbocycles. The summed E-state index contributed by atoms with van der Waals surface area (Å²) in [5.41, 5.74) is 1.15. The van der Waals surface area contributed by atoms with Crippen molar-refractivity contribution in [3.05, 3.63) is 29.8 Å². The SMILES string of the molecule is COc1cccc(C(CO)N2CCCCC2)c1. The van der Waals surface area contributed by atoms with Crippen LogP contribution in [0, 0.1) is 0 Å². The Morgan fingerprint density at radius 3 is 2.71 bits per heavy atom. The van der Waals surface area contributed by atoms with Crippen molar-refractivity contribution in [2.45, 2.75) is 25.3 Å². The predicted molar refractivity (Wildman–Crippen MR) is 68.2 cm³/mol. The highest BCUT2D eigenvalue weighted by Crippen LogP contribution is 2.26. The van der Waals surface area contributed by atoms with E-state index in [2.05, 4.69) is 11.0 Å². The van der Waals surface area contributed by atoms with Gasteiger partial charge in [-0.05, 0) is 43.6 Å². The van der Waals surface area contributed by atoms with E-state index >= 15 is 0 Å². The second-order valence-electron chi connectivity index (χ2n) is 4.57. The topological polar surface area (TPSA) is 32.7 Å². The molecular weight excluding hydrogens is 214 g/mol. The van der Waals surface area contributed by atoms with Crippen molar-refractivity contribution in [1.82, 2.24) is 4.90 Å². The third-order valence-electron chi connectivity index (χ3n) is 3.48. The Morgan fingerprint density at radius 1 is 1.29 bits per heavy atom. The number of ether oxygens (including phenoxy) is 1. The van der Waals surface area contributed by atoms with Crippen molar-refractivity contribution in [2.24, 2.45) is 0 Å². The minimum Gasteiger partial charge on any atom is -0.497 e. The van der Waals surface area contributed by atoms with Crippen LogP contribution in [0.5, 0.6) is 5.75 Å². The zero-order valence-electron chi connectivity index (χ0n) is 10.4. The summed E-state index contributed by atoms with van der Waals surface area (Å²) in [6.07, 6.45) is 3.79. The van der Waals surface area contributed by atoms with Crippen LogP contribution in [-0.4, -0.2) is 36.8 Å². The van der Waals surface area contributed by atoms with Gasteiger partial charge in [0.1, 0.15) is 5.75 Å². The van der Waals surface area contributed by atoms with E-state index in [-0.39, 0.29) is 12.6 Å². The lowest BCUT2D eigenvalue weighted by atomic mass is 10.0. The van der Waals surface area contributed by atoms with Gasteiger partial charge in [-0.2, -0.15) is 0 Å². The van der Waals surface area contributed by atoms with Crippen LogP contribution >= 0.6 is 0 Å². The molecular formula is C14H21NO2. The lowest BCUT2D eigenvalue weighted by molar-refractivity contribution is 0.104. The van der Waals surface area contributed by atoms with Gasteiger partial charge in [-0.3, -0.25) is 4.90 Å². The highest BCUT2D eigenvalue weighted by atomic mass is 16.5. The molecule has 1 heterocycles. The predicted octanol–water partition coefficient (Wildman–Crippen LogP) is 2.21. The molecule has 1 N–H and O–H groups in total. The summed E-state index contributed by atoms with van der Waals surface area (Å²) < 4.78 is 5.24. The fraction of sp³-hybridized carbons (Fsp3) is 0.571. The molecule has 3 heteroatoms. The molecule has 1 aliphatic rings. The number of rotatable bonds is 4. The van der Waals surface area contributed by atoms with Gasteiger partial charge in [0.25, 0.3) is 0 Å². The van der Waals surface area contributed by atoms with Gasteiger partial charge in [-0.15, -0.1) is 0 Å². The van der Waals surface area contributed by atoms with Crippen molar-refractivity contribution in [1.29, 1.82) is 0 Å². The maximum Gasteiger partial charge on any atom is 0.119 e. The number of aliphatic hydroxyl groups is 1. The van der Waals surface area contributed by atoms with Crippen LogP contribution in [0.15, 0.2) is 24.3 Å². The van der Waals surface area contributed by atoms with Crippen molar-refractivity contribution in [3.63, 3.8) is 0 Å². The second kappa shape index (κ2) is 6.03. The number of aliphatic hydroxyl groups excluding tert-OH is 1. The second-order valence-corrected chi connectivity index (χ2v) is 4.57. The maximum absolute atomic E-state index is 9.61. The summed E-state index contributed by atoms with van der Waals surface area (Å²) in [5.74, 6) is 0.859. The zero-order chi connectivity index (χ0) is 12.1. The Hall–Kier alpha value is -1.06. The Kier molecular flexibility index (Phi) is 4.40. The van der Waals surface area contributed by atoms with Gasteiger partial charge >= 0.3 is 0 Å². The number of hydrogen-bond donors (Lipinski definition) is 1. The number of benzene rings is 1. The van der Waals surface area contributed by atoms with Crippen LogP contribution in [0.1, 0.15) is 30.9 Å². The smallest absolute Gasteiger partial charge is 0.119 e. The molecule has 94 valence electrons. The Morgan fingerprint density at radius 2 is 2.06 bits per heavy atom. The Bertz CT molecular complexity index is 348. The molecule has 1 aromatic carbocycles. The standard InChI is InChI=1S/C14H21NO2/c1-17-13-7-5-6-12(10-13)14(11-16)15-8-3-2-4-9-15/h5-7,10,14,16H,2-4,8-9,11H2,1H3. The lowest BCUT2D eigenvalue weighted by Gasteiger charge is -2.33. The molecule has 0 bridgehead atoms. The zero-order valence-corrected chi connectivity index (χ0v) is 10.4. The molecule has 2 rings (SSSR count). The van der Waals surface area contributed by atoms with Crippen LogP contribution in [0.2, 0.25) is 0 Å². The molecule has 1 saturated heterocycles. The molecule has 1 aromatic rings. The summed E-state index contributed by atoms with van der Waals surface area (Å²) >= 11 is 0. The first-order chi connectivity index (χ1) is 8.35. The molecule has 1 aliphatic heterocycles. The third-order valence-corrected chi connectivity index (χ3v) is 3.48. The van der Waals surface area contributed by atoms with Crippen LogP contribution in [0.25, 0.3) is 0 Å². The van der Waals surface area contributed by atoms with Gasteiger partial charge in [-0.1, -0.05) is 18.6 Å². The Labute approximate surface area is 103 Å². The summed E-state index contributed by atoms with van der Waals surface area (Å²) in [7, 11) is 1.67. The van der Waals surface area contributed by atoms with Crippen LogP contribution < -0.4 is 4.74 Å². The molecule has 0 spiro atoms. The van der Waals surface area contributed by atoms with Crippen LogP contribution in [0.3, 0.4) is 0 Å². The average molecular weight is 235 g/mol. The van der Waals surface area contributed by atoms with E-state index in [9.17, 15) is 5.11 Å². The molecule has 1 fully saturated rings. The van der Waals surface area contributed by atoms with Gasteiger partial charge in [-0.25, -0.2) is 0 Å². The highest BCUT2D eigenvalue weighted by molar-refractivity contribution is 5.30. The van der Waals surface area contributed by atoms with E-state index in [4.69, 9.17) is 4.74 Å². The number of nitrogens with zero attached hydrogens (tertiary/aromatic N) is 1. The molecule has 1 unspecified atom stereocenters. The summed E-state index contributed by atoms with van der Waals surface area (Å²) in [4.78, 5) is 2.37. The van der Waals surface area contributed by atoms with Gasteiger partial charge in [0.15, 0.2) is 0 Å². The highest BCUT2D eigenvalue weighted by Gasteiger charge is 2.21. The van der Waals surface area contributed by atoms with Gasteiger partial charge in [0, 0.05) is 0 Å². The summed E-state index contributed by atoms with van der Waals surface area (Å²) in [6.45, 7) is 2.35. The van der Waals surface area contributed by atoms with Crippen LogP contribution in [-0.2, 0) is 0 Å². The van der Waals surface area contributed by atoms with E-state index in [1.807, 2.05) is 18.2 Å². The van der Waals surface area contributed by atoms with E-state index in [1.165, 1.54) is 19.3 Å². The first-order valence-electron chi connectivity index (χ1n) is 6.34. The molecule has 3 nitrogen and oxygen atoms in total. The van der Waals surface area contributed by atoms with Gasteiger partial charge in [0.2, 0.25) is 0 Å². The fourth-order valence-electron chi connectivity index (χ4n) is 2.51. The van der Waals surface area contributed by atoms with E-state index in [0.717, 1.165) is 24.4 Å². The quantitative estimate of drug-likeness (QED) is 0.868. The fourth-order valence-corrected chi connectivity index (χ4v) is 2.51. The van der Waals surface area contributed by atoms with Crippen molar-refractivity contribution in [3.8, 4) is 5.75 Å². The summed E-state index contributed by atoms with van der Waals surface area (Å²) in [5, 5.41) is 9.61. The molecule has 0 amide bonds. The van der Waals surface area contributed by atoms with Crippen LogP contribution in [0.4, 0.5) is 0 Å². The number of piperidine rings is 1. The number of likely N-dealkylation sites (tertiary alicyclic amines) is 1. The largest absolute Gasteiger partial charge is 0.497 e. The summed E-state index contributed by atoms with van der Waals surface area (Å²) in [6, 6.07) is 8.13. The lowest BCUT2D eigenvalue weighted by Crippen LogP contribution is -2.35. The number of hydrogen-bond acceptors (Lipinski definition) is 3. The molecule has 0 aromatic heterocycles. The first-order valence-corrected chi connectivity index (χ1v) is 6.34. The van der Waals surface area contributed by atoms with Gasteiger partial charge in [0.05, 0.1) is 19.8 Å². The minimum atomic E-state index is 0.116. The average Bonchev–Trinajstić information content (AvgIpc) is 2.41. The first kappa shape index (κ1) is 12.4. The molecule has 17 heavy (non-hydrogen) atoms. The van der Waals surface area contributed by atoms with Crippen molar-refractivity contribution >= 4 is 0 Å². The van der Waals surface area contributed by atoms with Crippen molar-refractivity contribution in [2.75, 3.05) is 26.8 Å². The van der Waals surface area contributed by atoms with E-state index in [1.54, 1.807) is 7.11 Å². The molecule has 0 aliphatic carbocycles. The monoisotopic (exact) mass is 235 g/mol. The minimum absolute atomic E-state index is 0.116. The molecule has 0 radical (unpaired) electrons. The maximum atomic E-state index is 9.61.